The minimum absolute atomic E-state index is 0.138. The van der Waals surface area contributed by atoms with E-state index in [1.54, 1.807) is 9.80 Å². The molecule has 0 spiro atoms. The fourth-order valence-electron chi connectivity index (χ4n) is 4.25. The van der Waals surface area contributed by atoms with Crippen LogP contribution in [-0.4, -0.2) is 52.1 Å². The van der Waals surface area contributed by atoms with E-state index in [2.05, 4.69) is 6.92 Å². The third kappa shape index (κ3) is 3.82. The van der Waals surface area contributed by atoms with Crippen molar-refractivity contribution in [3.8, 4) is 0 Å². The van der Waals surface area contributed by atoms with Gasteiger partial charge in [-0.1, -0.05) is 67.9 Å². The predicted octanol–water partition coefficient (Wildman–Crippen LogP) is 2.74. The quantitative estimate of drug-likeness (QED) is 0.695. The van der Waals surface area contributed by atoms with Crippen LogP contribution in [0.25, 0.3) is 0 Å². The summed E-state index contributed by atoms with van der Waals surface area (Å²) in [5.74, 6) is -1.23. The zero-order valence-corrected chi connectivity index (χ0v) is 17.3. The van der Waals surface area contributed by atoms with Crippen LogP contribution in [0.5, 0.6) is 0 Å². The number of carbonyl (C=O) groups excluding carboxylic acids is 3. The Kier molecular flexibility index (Phi) is 5.84. The fraction of sp³-hybridized carbons (Fsp3) is 0.375. The topological polar surface area (TPSA) is 60.9 Å². The summed E-state index contributed by atoms with van der Waals surface area (Å²) in [4.78, 5) is 44.2. The summed E-state index contributed by atoms with van der Waals surface area (Å²) in [6, 6.07) is 16.5. The van der Waals surface area contributed by atoms with Gasteiger partial charge in [0.1, 0.15) is 6.04 Å². The fourth-order valence-corrected chi connectivity index (χ4v) is 4.25. The summed E-state index contributed by atoms with van der Waals surface area (Å²) in [6.07, 6.45) is 1.83. The van der Waals surface area contributed by atoms with E-state index in [9.17, 15) is 14.4 Å². The van der Waals surface area contributed by atoms with Crippen molar-refractivity contribution in [3.05, 3.63) is 71.3 Å². The average Bonchev–Trinajstić information content (AvgIpc) is 3.21. The average molecular weight is 405 g/mol. The van der Waals surface area contributed by atoms with Crippen LogP contribution in [0.3, 0.4) is 0 Å². The number of carbonyl (C=O) groups is 3. The van der Waals surface area contributed by atoms with Crippen molar-refractivity contribution in [1.29, 1.82) is 0 Å². The Morgan fingerprint density at radius 2 is 1.53 bits per heavy atom. The number of nitrogens with zero attached hydrogens (tertiary/aromatic N) is 3. The molecule has 2 aromatic carbocycles. The Morgan fingerprint density at radius 3 is 2.17 bits per heavy atom. The highest BCUT2D eigenvalue weighted by molar-refractivity contribution is 6.35. The van der Waals surface area contributed by atoms with E-state index in [1.165, 1.54) is 4.90 Å². The van der Waals surface area contributed by atoms with Crippen molar-refractivity contribution in [2.45, 2.75) is 38.9 Å². The molecule has 2 aliphatic heterocycles. The van der Waals surface area contributed by atoms with Gasteiger partial charge in [0.25, 0.3) is 5.91 Å². The lowest BCUT2D eigenvalue weighted by atomic mass is 10.0. The van der Waals surface area contributed by atoms with Crippen LogP contribution >= 0.6 is 0 Å². The molecule has 156 valence electrons. The number of unbranched alkanes of at least 4 members (excludes halogenated alkanes) is 1. The molecule has 1 fully saturated rings. The van der Waals surface area contributed by atoms with Gasteiger partial charge in [-0.3, -0.25) is 14.4 Å². The van der Waals surface area contributed by atoms with Gasteiger partial charge < -0.3 is 14.7 Å². The lowest BCUT2D eigenvalue weighted by Gasteiger charge is -2.39. The highest BCUT2D eigenvalue weighted by atomic mass is 16.2. The maximum Gasteiger partial charge on any atom is 0.313 e. The van der Waals surface area contributed by atoms with E-state index in [1.807, 2.05) is 54.6 Å². The Hall–Kier alpha value is -3.15. The molecule has 6 nitrogen and oxygen atoms in total. The predicted molar refractivity (Wildman–Crippen MR) is 113 cm³/mol. The Labute approximate surface area is 177 Å². The highest BCUT2D eigenvalue weighted by Gasteiger charge is 2.41. The van der Waals surface area contributed by atoms with Crippen LogP contribution in [0.2, 0.25) is 0 Å². The minimum atomic E-state index is -0.787. The second-order valence-electron chi connectivity index (χ2n) is 7.92. The van der Waals surface area contributed by atoms with Crippen molar-refractivity contribution in [1.82, 2.24) is 14.7 Å². The molecule has 2 heterocycles. The number of hydrogen-bond donors (Lipinski definition) is 0. The number of amides is 3. The molecule has 0 N–H and O–H groups in total. The number of hydrogen-bond acceptors (Lipinski definition) is 3. The van der Waals surface area contributed by atoms with Crippen LogP contribution < -0.4 is 0 Å². The molecule has 0 saturated carbocycles. The summed E-state index contributed by atoms with van der Waals surface area (Å²) in [6.45, 7) is 4.51. The molecule has 4 rings (SSSR count). The van der Waals surface area contributed by atoms with E-state index < -0.39 is 17.9 Å². The van der Waals surface area contributed by atoms with Gasteiger partial charge >= 0.3 is 11.8 Å². The molecule has 1 saturated heterocycles. The summed E-state index contributed by atoms with van der Waals surface area (Å²) in [7, 11) is 0. The van der Waals surface area contributed by atoms with Gasteiger partial charge in [-0.25, -0.2) is 0 Å². The molecular formula is C24H27N3O3. The SMILES string of the molecule is CCCCN1CCN([C@H](C(=O)N2Cc3ccccc3C2)c2ccccc2)C(=O)C1=O. The number of benzene rings is 2. The van der Waals surface area contributed by atoms with Crippen molar-refractivity contribution >= 4 is 17.7 Å². The normalized spacial score (nSPS) is 17.3. The van der Waals surface area contributed by atoms with Gasteiger partial charge in [0.15, 0.2) is 0 Å². The summed E-state index contributed by atoms with van der Waals surface area (Å²) >= 11 is 0. The maximum absolute atomic E-state index is 13.6. The summed E-state index contributed by atoms with van der Waals surface area (Å²) < 4.78 is 0. The van der Waals surface area contributed by atoms with E-state index in [4.69, 9.17) is 0 Å². The third-order valence-electron chi connectivity index (χ3n) is 5.94. The van der Waals surface area contributed by atoms with E-state index >= 15 is 0 Å². The van der Waals surface area contributed by atoms with Gasteiger partial charge in [-0.2, -0.15) is 0 Å². The molecule has 30 heavy (non-hydrogen) atoms. The minimum Gasteiger partial charge on any atom is -0.333 e. The summed E-state index contributed by atoms with van der Waals surface area (Å²) in [5, 5.41) is 0. The monoisotopic (exact) mass is 405 g/mol. The van der Waals surface area contributed by atoms with Crippen LogP contribution in [0.15, 0.2) is 54.6 Å². The second-order valence-corrected chi connectivity index (χ2v) is 7.92. The third-order valence-corrected chi connectivity index (χ3v) is 5.94. The largest absolute Gasteiger partial charge is 0.333 e. The first-order valence-corrected chi connectivity index (χ1v) is 10.6. The van der Waals surface area contributed by atoms with Crippen LogP contribution in [0.1, 0.15) is 42.5 Å². The van der Waals surface area contributed by atoms with Gasteiger partial charge in [-0.15, -0.1) is 0 Å². The van der Waals surface area contributed by atoms with E-state index in [0.717, 1.165) is 29.5 Å². The first kappa shape index (κ1) is 20.1. The molecule has 2 aromatic rings. The zero-order valence-electron chi connectivity index (χ0n) is 17.3. The zero-order chi connectivity index (χ0) is 21.1. The van der Waals surface area contributed by atoms with Crippen LogP contribution in [-0.2, 0) is 27.5 Å². The van der Waals surface area contributed by atoms with E-state index in [-0.39, 0.29) is 5.91 Å². The van der Waals surface area contributed by atoms with Gasteiger partial charge in [0.05, 0.1) is 0 Å². The van der Waals surface area contributed by atoms with Gasteiger partial charge in [0, 0.05) is 32.7 Å². The smallest absolute Gasteiger partial charge is 0.313 e. The lowest BCUT2D eigenvalue weighted by molar-refractivity contribution is -0.161. The molecule has 2 aliphatic rings. The van der Waals surface area contributed by atoms with Crippen LogP contribution in [0.4, 0.5) is 0 Å². The maximum atomic E-state index is 13.6. The molecule has 0 aliphatic carbocycles. The van der Waals surface area contributed by atoms with Crippen molar-refractivity contribution in [2.75, 3.05) is 19.6 Å². The Morgan fingerprint density at radius 1 is 0.900 bits per heavy atom. The molecule has 6 heteroatoms. The molecule has 0 radical (unpaired) electrons. The molecule has 1 atom stereocenters. The lowest BCUT2D eigenvalue weighted by Crippen LogP contribution is -2.57. The first-order chi connectivity index (χ1) is 14.6. The van der Waals surface area contributed by atoms with Crippen molar-refractivity contribution in [3.63, 3.8) is 0 Å². The second kappa shape index (κ2) is 8.69. The molecule has 0 unspecified atom stereocenters. The summed E-state index contributed by atoms with van der Waals surface area (Å²) in [5.41, 5.74) is 3.00. The molecule has 3 amide bonds. The van der Waals surface area contributed by atoms with Crippen molar-refractivity contribution in [2.24, 2.45) is 0 Å². The number of fused-ring (bicyclic) bond motifs is 1. The van der Waals surface area contributed by atoms with E-state index in [0.29, 0.717) is 32.7 Å². The highest BCUT2D eigenvalue weighted by Crippen LogP contribution is 2.30. The first-order valence-electron chi connectivity index (χ1n) is 10.6. The number of piperazine rings is 1. The molecular weight excluding hydrogens is 378 g/mol. The van der Waals surface area contributed by atoms with Crippen LogP contribution in [0, 0.1) is 0 Å². The molecule has 0 aromatic heterocycles. The molecule has 0 bridgehead atoms. The standard InChI is InChI=1S/C24H27N3O3/c1-2-3-13-25-14-15-27(24(30)23(25)29)21(18-9-5-4-6-10-18)22(28)26-16-19-11-7-8-12-20(19)17-26/h4-12,21H,2-3,13-17H2,1H3/t21-/m0/s1. The Balaban J connectivity index is 1.59. The number of rotatable bonds is 6. The Bertz CT molecular complexity index is 919. The van der Waals surface area contributed by atoms with Gasteiger partial charge in [-0.05, 0) is 23.1 Å². The van der Waals surface area contributed by atoms with Crippen molar-refractivity contribution < 1.29 is 14.4 Å². The van der Waals surface area contributed by atoms with Gasteiger partial charge in [0.2, 0.25) is 0 Å².